The second kappa shape index (κ2) is 8.31. The highest BCUT2D eigenvalue weighted by atomic mass is 32.3. The SMILES string of the molecule is O=CCCCC=O.O=S(=O)(O)O. The minimum atomic E-state index is -4.67. The van der Waals surface area contributed by atoms with Gasteiger partial charge in [0, 0.05) is 12.8 Å². The third-order valence-electron chi connectivity index (χ3n) is 0.644. The molecule has 0 spiro atoms. The van der Waals surface area contributed by atoms with Crippen LogP contribution in [-0.2, 0) is 20.0 Å². The summed E-state index contributed by atoms with van der Waals surface area (Å²) in [6.45, 7) is 0. The predicted molar refractivity (Wildman–Crippen MR) is 40.2 cm³/mol. The lowest BCUT2D eigenvalue weighted by Crippen LogP contribution is -1.89. The molecule has 6 nitrogen and oxygen atoms in total. The number of hydrogen-bond donors (Lipinski definition) is 2. The standard InChI is InChI=1S/C5H8O2.H2O4S/c6-4-2-1-3-5-7;1-5(2,3)4/h4-5H,1-3H2;(H2,1,2,3,4). The summed E-state index contributed by atoms with van der Waals surface area (Å²) in [5, 5.41) is 0. The van der Waals surface area contributed by atoms with E-state index in [1.165, 1.54) is 0 Å². The second-order valence-corrected chi connectivity index (χ2v) is 2.61. The molecule has 0 saturated carbocycles. The lowest BCUT2D eigenvalue weighted by atomic mass is 10.3. The van der Waals surface area contributed by atoms with Gasteiger partial charge in [0.05, 0.1) is 0 Å². The van der Waals surface area contributed by atoms with E-state index >= 15 is 0 Å². The summed E-state index contributed by atoms with van der Waals surface area (Å²) >= 11 is 0. The molecule has 72 valence electrons. The molecule has 0 amide bonds. The fraction of sp³-hybridized carbons (Fsp3) is 0.600. The fourth-order valence-corrected chi connectivity index (χ4v) is 0.285. The zero-order chi connectivity index (χ0) is 10.0. The van der Waals surface area contributed by atoms with Gasteiger partial charge in [-0.2, -0.15) is 8.42 Å². The van der Waals surface area contributed by atoms with Gasteiger partial charge in [-0.05, 0) is 6.42 Å². The van der Waals surface area contributed by atoms with Gasteiger partial charge in [-0.3, -0.25) is 9.11 Å². The van der Waals surface area contributed by atoms with Crippen molar-refractivity contribution in [3.63, 3.8) is 0 Å². The number of aldehydes is 2. The summed E-state index contributed by atoms with van der Waals surface area (Å²) < 4.78 is 31.6. The zero-order valence-electron chi connectivity index (χ0n) is 6.21. The molecular weight excluding hydrogens is 188 g/mol. The summed E-state index contributed by atoms with van der Waals surface area (Å²) in [7, 11) is -4.67. The van der Waals surface area contributed by atoms with Gasteiger partial charge in [-0.1, -0.05) is 0 Å². The summed E-state index contributed by atoms with van der Waals surface area (Å²) in [6.07, 6.45) is 3.37. The average Bonchev–Trinajstić information content (AvgIpc) is 1.85. The average molecular weight is 198 g/mol. The van der Waals surface area contributed by atoms with Crippen molar-refractivity contribution in [2.45, 2.75) is 19.3 Å². The maximum atomic E-state index is 9.56. The van der Waals surface area contributed by atoms with Crippen LogP contribution in [0.4, 0.5) is 0 Å². The van der Waals surface area contributed by atoms with Crippen molar-refractivity contribution in [1.82, 2.24) is 0 Å². The molecule has 0 aromatic carbocycles. The molecule has 0 aliphatic carbocycles. The van der Waals surface area contributed by atoms with Crippen molar-refractivity contribution in [1.29, 1.82) is 0 Å². The monoisotopic (exact) mass is 198 g/mol. The zero-order valence-corrected chi connectivity index (χ0v) is 7.03. The van der Waals surface area contributed by atoms with Crippen molar-refractivity contribution >= 4 is 23.0 Å². The number of rotatable bonds is 4. The van der Waals surface area contributed by atoms with E-state index in [2.05, 4.69) is 0 Å². The molecule has 0 atom stereocenters. The van der Waals surface area contributed by atoms with Gasteiger partial charge in [-0.25, -0.2) is 0 Å². The molecule has 0 rings (SSSR count). The third kappa shape index (κ3) is 60.2. The molecule has 12 heavy (non-hydrogen) atoms. The molecule has 0 aliphatic rings. The minimum absolute atomic E-state index is 0.513. The minimum Gasteiger partial charge on any atom is -0.303 e. The van der Waals surface area contributed by atoms with Gasteiger partial charge >= 0.3 is 10.4 Å². The van der Waals surface area contributed by atoms with Crippen molar-refractivity contribution in [2.24, 2.45) is 0 Å². The lowest BCUT2D eigenvalue weighted by molar-refractivity contribution is -0.108. The Labute approximate surface area is 70.2 Å². The molecule has 0 aromatic rings. The van der Waals surface area contributed by atoms with E-state index in [9.17, 15) is 9.59 Å². The Morgan fingerprint density at radius 3 is 1.42 bits per heavy atom. The number of hydrogen-bond acceptors (Lipinski definition) is 4. The molecule has 0 fully saturated rings. The Balaban J connectivity index is 0. The van der Waals surface area contributed by atoms with Crippen LogP contribution in [-0.4, -0.2) is 30.1 Å². The van der Waals surface area contributed by atoms with Crippen LogP contribution in [0.25, 0.3) is 0 Å². The van der Waals surface area contributed by atoms with E-state index < -0.39 is 10.4 Å². The van der Waals surface area contributed by atoms with Crippen LogP contribution in [0.2, 0.25) is 0 Å². The van der Waals surface area contributed by atoms with E-state index in [1.54, 1.807) is 0 Å². The Bertz CT molecular complexity index is 190. The first-order valence-electron chi connectivity index (χ1n) is 2.99. The Hall–Kier alpha value is -0.790. The van der Waals surface area contributed by atoms with Crippen LogP contribution in [0.5, 0.6) is 0 Å². The maximum Gasteiger partial charge on any atom is 0.394 e. The Morgan fingerprint density at radius 1 is 1.00 bits per heavy atom. The van der Waals surface area contributed by atoms with E-state index in [4.69, 9.17) is 17.5 Å². The normalized spacial score (nSPS) is 9.50. The molecule has 0 aromatic heterocycles. The van der Waals surface area contributed by atoms with E-state index in [0.717, 1.165) is 12.6 Å². The van der Waals surface area contributed by atoms with E-state index in [1.807, 2.05) is 0 Å². The van der Waals surface area contributed by atoms with E-state index in [0.29, 0.717) is 19.3 Å². The van der Waals surface area contributed by atoms with Crippen molar-refractivity contribution in [2.75, 3.05) is 0 Å². The lowest BCUT2D eigenvalue weighted by Gasteiger charge is -1.78. The van der Waals surface area contributed by atoms with Gasteiger partial charge in [0.2, 0.25) is 0 Å². The summed E-state index contributed by atoms with van der Waals surface area (Å²) in [5.74, 6) is 0. The molecule has 0 radical (unpaired) electrons. The molecular formula is C5H10O6S. The third-order valence-corrected chi connectivity index (χ3v) is 0.644. The first-order chi connectivity index (χ1) is 5.41. The van der Waals surface area contributed by atoms with Crippen LogP contribution in [0.15, 0.2) is 0 Å². The molecule has 0 bridgehead atoms. The highest BCUT2D eigenvalue weighted by molar-refractivity contribution is 7.79. The summed E-state index contributed by atoms with van der Waals surface area (Å²) in [4.78, 5) is 19.1. The van der Waals surface area contributed by atoms with Crippen LogP contribution >= 0.6 is 0 Å². The van der Waals surface area contributed by atoms with Gasteiger partial charge in [-0.15, -0.1) is 0 Å². The van der Waals surface area contributed by atoms with E-state index in [-0.39, 0.29) is 0 Å². The largest absolute Gasteiger partial charge is 0.394 e. The quantitative estimate of drug-likeness (QED) is 0.371. The van der Waals surface area contributed by atoms with Crippen LogP contribution in [0, 0.1) is 0 Å². The molecule has 0 heterocycles. The van der Waals surface area contributed by atoms with Crippen molar-refractivity contribution in [3.05, 3.63) is 0 Å². The second-order valence-electron chi connectivity index (χ2n) is 1.71. The Morgan fingerprint density at radius 2 is 1.25 bits per heavy atom. The molecule has 7 heteroatoms. The topological polar surface area (TPSA) is 109 Å². The Kier molecular flexibility index (Phi) is 9.54. The van der Waals surface area contributed by atoms with Gasteiger partial charge in [0.25, 0.3) is 0 Å². The summed E-state index contributed by atoms with van der Waals surface area (Å²) in [5.41, 5.74) is 0. The highest BCUT2D eigenvalue weighted by Gasteiger charge is 1.84. The van der Waals surface area contributed by atoms with Crippen LogP contribution < -0.4 is 0 Å². The molecule has 2 N–H and O–H groups in total. The van der Waals surface area contributed by atoms with Gasteiger partial charge in [0.1, 0.15) is 12.6 Å². The number of unbranched alkanes of at least 4 members (excludes halogenated alkanes) is 2. The maximum absolute atomic E-state index is 9.56. The van der Waals surface area contributed by atoms with Crippen LogP contribution in [0.1, 0.15) is 19.3 Å². The number of carbonyl (C=O) groups is 2. The number of carbonyl (C=O) groups excluding carboxylic acids is 2. The smallest absolute Gasteiger partial charge is 0.303 e. The molecule has 0 saturated heterocycles. The summed E-state index contributed by atoms with van der Waals surface area (Å²) in [6, 6.07) is 0. The first-order valence-corrected chi connectivity index (χ1v) is 4.38. The van der Waals surface area contributed by atoms with Crippen molar-refractivity contribution < 1.29 is 27.1 Å². The highest BCUT2D eigenvalue weighted by Crippen LogP contribution is 1.85. The predicted octanol–water partition coefficient (Wildman–Crippen LogP) is -0.0983. The van der Waals surface area contributed by atoms with Gasteiger partial charge in [0.15, 0.2) is 0 Å². The molecule has 0 aliphatic heterocycles. The van der Waals surface area contributed by atoms with Gasteiger partial charge < -0.3 is 9.59 Å². The van der Waals surface area contributed by atoms with Crippen molar-refractivity contribution in [3.8, 4) is 0 Å². The first kappa shape index (κ1) is 13.8. The fourth-order valence-electron chi connectivity index (χ4n) is 0.285. The van der Waals surface area contributed by atoms with Crippen LogP contribution in [0.3, 0.4) is 0 Å². The molecule has 0 unspecified atom stereocenters.